The van der Waals surface area contributed by atoms with Crippen molar-refractivity contribution in [1.82, 2.24) is 14.3 Å². The molecular formula is C19H21N3O. The Labute approximate surface area is 136 Å². The van der Waals surface area contributed by atoms with Crippen LogP contribution in [0.15, 0.2) is 60.9 Å². The van der Waals surface area contributed by atoms with Gasteiger partial charge in [0.2, 0.25) is 0 Å². The van der Waals surface area contributed by atoms with Crippen LogP contribution in [0.5, 0.6) is 5.75 Å². The first kappa shape index (κ1) is 14.3. The molecule has 1 aliphatic heterocycles. The number of hydrogen-bond donors (Lipinski definition) is 0. The summed E-state index contributed by atoms with van der Waals surface area (Å²) in [6.07, 6.45) is 6.39. The molecule has 0 N–H and O–H groups in total. The molecule has 0 saturated carbocycles. The third-order valence-corrected chi connectivity index (χ3v) is 4.48. The summed E-state index contributed by atoms with van der Waals surface area (Å²) < 4.78 is 8.24. The zero-order valence-corrected chi connectivity index (χ0v) is 13.1. The smallest absolute Gasteiger partial charge is 0.136 e. The molecule has 0 radical (unpaired) electrons. The summed E-state index contributed by atoms with van der Waals surface area (Å²) in [4.78, 5) is 6.86. The summed E-state index contributed by atoms with van der Waals surface area (Å²) in [6.45, 7) is 3.11. The van der Waals surface area contributed by atoms with Gasteiger partial charge in [-0.05, 0) is 37.1 Å². The molecule has 0 atom stereocenters. The first-order chi connectivity index (χ1) is 11.4. The topological polar surface area (TPSA) is 29.8 Å². The van der Waals surface area contributed by atoms with Crippen molar-refractivity contribution in [2.75, 3.05) is 13.1 Å². The number of nitrogens with zero attached hydrogens (tertiary/aromatic N) is 3. The van der Waals surface area contributed by atoms with Crippen molar-refractivity contribution in [2.45, 2.75) is 25.5 Å². The summed E-state index contributed by atoms with van der Waals surface area (Å²) >= 11 is 0. The van der Waals surface area contributed by atoms with Gasteiger partial charge in [-0.2, -0.15) is 0 Å². The Kier molecular flexibility index (Phi) is 3.99. The molecule has 2 aromatic heterocycles. The minimum atomic E-state index is 0.331. The SMILES string of the molecule is c1ccc(OC2CCN(Cc3cccc4nccn34)CC2)cc1. The number of benzene rings is 1. The van der Waals surface area contributed by atoms with Gasteiger partial charge in [-0.1, -0.05) is 24.3 Å². The van der Waals surface area contributed by atoms with Crippen LogP contribution in [0.4, 0.5) is 0 Å². The number of piperidine rings is 1. The van der Waals surface area contributed by atoms with E-state index in [1.807, 2.05) is 48.8 Å². The maximum atomic E-state index is 6.07. The van der Waals surface area contributed by atoms with Gasteiger partial charge >= 0.3 is 0 Å². The van der Waals surface area contributed by atoms with Crippen molar-refractivity contribution in [2.24, 2.45) is 0 Å². The van der Waals surface area contributed by atoms with E-state index in [4.69, 9.17) is 4.74 Å². The Morgan fingerprint density at radius 1 is 1.00 bits per heavy atom. The Balaban J connectivity index is 1.36. The Bertz CT molecular complexity index is 760. The summed E-state index contributed by atoms with van der Waals surface area (Å²) in [7, 11) is 0. The molecule has 1 fully saturated rings. The van der Waals surface area contributed by atoms with E-state index >= 15 is 0 Å². The van der Waals surface area contributed by atoms with Gasteiger partial charge in [-0.3, -0.25) is 4.90 Å². The standard InChI is InChI=1S/C19H21N3O/c1-2-6-17(7-3-1)23-18-9-12-21(13-10-18)15-16-5-4-8-19-20-11-14-22(16)19/h1-8,11,14,18H,9-10,12-13,15H2. The lowest BCUT2D eigenvalue weighted by Gasteiger charge is -2.32. The van der Waals surface area contributed by atoms with Crippen LogP contribution in [-0.4, -0.2) is 33.5 Å². The number of pyridine rings is 1. The Morgan fingerprint density at radius 2 is 1.83 bits per heavy atom. The van der Waals surface area contributed by atoms with Crippen molar-refractivity contribution in [1.29, 1.82) is 0 Å². The van der Waals surface area contributed by atoms with Crippen LogP contribution in [-0.2, 0) is 6.54 Å². The van der Waals surface area contributed by atoms with E-state index in [0.717, 1.165) is 43.9 Å². The van der Waals surface area contributed by atoms with Gasteiger partial charge in [0.25, 0.3) is 0 Å². The number of fused-ring (bicyclic) bond motifs is 1. The number of aromatic nitrogens is 2. The number of imidazole rings is 1. The van der Waals surface area contributed by atoms with Crippen molar-refractivity contribution < 1.29 is 4.74 Å². The quantitative estimate of drug-likeness (QED) is 0.740. The minimum Gasteiger partial charge on any atom is -0.490 e. The van der Waals surface area contributed by atoms with E-state index in [1.54, 1.807) is 0 Å². The van der Waals surface area contributed by atoms with Gasteiger partial charge in [0.05, 0.1) is 0 Å². The van der Waals surface area contributed by atoms with Crippen LogP contribution < -0.4 is 4.74 Å². The highest BCUT2D eigenvalue weighted by Gasteiger charge is 2.21. The Hall–Kier alpha value is -2.33. The molecule has 0 spiro atoms. The molecule has 4 heteroatoms. The molecule has 1 aromatic carbocycles. The molecule has 23 heavy (non-hydrogen) atoms. The van der Waals surface area contributed by atoms with Gasteiger partial charge in [-0.25, -0.2) is 4.98 Å². The van der Waals surface area contributed by atoms with Crippen LogP contribution >= 0.6 is 0 Å². The van der Waals surface area contributed by atoms with E-state index in [1.165, 1.54) is 5.69 Å². The molecule has 0 amide bonds. The third-order valence-electron chi connectivity index (χ3n) is 4.48. The average molecular weight is 307 g/mol. The molecular weight excluding hydrogens is 286 g/mol. The number of para-hydroxylation sites is 1. The highest BCUT2D eigenvalue weighted by atomic mass is 16.5. The molecule has 3 heterocycles. The second kappa shape index (κ2) is 6.42. The fourth-order valence-corrected chi connectivity index (χ4v) is 3.24. The largest absolute Gasteiger partial charge is 0.490 e. The first-order valence-electron chi connectivity index (χ1n) is 8.23. The maximum Gasteiger partial charge on any atom is 0.136 e. The lowest BCUT2D eigenvalue weighted by molar-refractivity contribution is 0.0959. The van der Waals surface area contributed by atoms with E-state index in [0.29, 0.717) is 6.10 Å². The number of likely N-dealkylation sites (tertiary alicyclic amines) is 1. The second-order valence-electron chi connectivity index (χ2n) is 6.08. The fourth-order valence-electron chi connectivity index (χ4n) is 3.24. The molecule has 118 valence electrons. The third kappa shape index (κ3) is 3.22. The lowest BCUT2D eigenvalue weighted by atomic mass is 10.1. The van der Waals surface area contributed by atoms with Crippen molar-refractivity contribution in [3.63, 3.8) is 0 Å². The minimum absolute atomic E-state index is 0.331. The summed E-state index contributed by atoms with van der Waals surface area (Å²) in [5.74, 6) is 0.981. The lowest BCUT2D eigenvalue weighted by Crippen LogP contribution is -2.38. The predicted molar refractivity (Wildman–Crippen MR) is 90.6 cm³/mol. The highest BCUT2D eigenvalue weighted by molar-refractivity contribution is 5.39. The van der Waals surface area contributed by atoms with Gasteiger partial charge < -0.3 is 9.14 Å². The van der Waals surface area contributed by atoms with Crippen molar-refractivity contribution in [3.8, 4) is 5.75 Å². The van der Waals surface area contributed by atoms with Crippen molar-refractivity contribution >= 4 is 5.65 Å². The molecule has 1 aliphatic rings. The monoisotopic (exact) mass is 307 g/mol. The maximum absolute atomic E-state index is 6.07. The number of hydrogen-bond acceptors (Lipinski definition) is 3. The van der Waals surface area contributed by atoms with Crippen LogP contribution in [0.2, 0.25) is 0 Å². The van der Waals surface area contributed by atoms with Gasteiger partial charge in [0.15, 0.2) is 0 Å². The Morgan fingerprint density at radius 3 is 2.65 bits per heavy atom. The molecule has 4 rings (SSSR count). The molecule has 4 nitrogen and oxygen atoms in total. The zero-order chi connectivity index (χ0) is 15.5. The summed E-state index contributed by atoms with van der Waals surface area (Å²) in [5.41, 5.74) is 2.31. The normalized spacial score (nSPS) is 16.7. The van der Waals surface area contributed by atoms with E-state index in [9.17, 15) is 0 Å². The van der Waals surface area contributed by atoms with Crippen molar-refractivity contribution in [3.05, 3.63) is 66.6 Å². The van der Waals surface area contributed by atoms with Crippen LogP contribution in [0.3, 0.4) is 0 Å². The highest BCUT2D eigenvalue weighted by Crippen LogP contribution is 2.20. The number of rotatable bonds is 4. The molecule has 3 aromatic rings. The average Bonchev–Trinajstić information content (AvgIpc) is 3.07. The van der Waals surface area contributed by atoms with Crippen LogP contribution in [0.1, 0.15) is 18.5 Å². The summed E-state index contributed by atoms with van der Waals surface area (Å²) in [6, 6.07) is 16.4. The summed E-state index contributed by atoms with van der Waals surface area (Å²) in [5, 5.41) is 0. The molecule has 0 aliphatic carbocycles. The van der Waals surface area contributed by atoms with E-state index in [-0.39, 0.29) is 0 Å². The molecule has 1 saturated heterocycles. The number of ether oxygens (including phenoxy) is 1. The fraction of sp³-hybridized carbons (Fsp3) is 0.316. The van der Waals surface area contributed by atoms with Gasteiger partial charge in [-0.15, -0.1) is 0 Å². The van der Waals surface area contributed by atoms with Gasteiger partial charge in [0, 0.05) is 37.7 Å². The first-order valence-corrected chi connectivity index (χ1v) is 8.23. The van der Waals surface area contributed by atoms with Gasteiger partial charge in [0.1, 0.15) is 17.5 Å². The van der Waals surface area contributed by atoms with Crippen LogP contribution in [0.25, 0.3) is 5.65 Å². The molecule has 0 bridgehead atoms. The predicted octanol–water partition coefficient (Wildman–Crippen LogP) is 3.38. The second-order valence-corrected chi connectivity index (χ2v) is 6.08. The van der Waals surface area contributed by atoms with Crippen LogP contribution in [0, 0.1) is 0 Å². The van der Waals surface area contributed by atoms with E-state index in [2.05, 4.69) is 26.4 Å². The zero-order valence-electron chi connectivity index (χ0n) is 13.1. The van der Waals surface area contributed by atoms with E-state index < -0.39 is 0 Å². The molecule has 0 unspecified atom stereocenters.